The van der Waals surface area contributed by atoms with Gasteiger partial charge in [-0.3, -0.25) is 9.78 Å². The van der Waals surface area contributed by atoms with Gasteiger partial charge in [0, 0.05) is 26.2 Å². The molecule has 0 fully saturated rings. The Bertz CT molecular complexity index is 564. The molecule has 1 amide bonds. The first-order valence-corrected chi connectivity index (χ1v) is 6.22. The van der Waals surface area contributed by atoms with E-state index in [1.54, 1.807) is 19.4 Å². The number of rotatable bonds is 4. The van der Waals surface area contributed by atoms with Crippen molar-refractivity contribution in [1.29, 1.82) is 0 Å². The van der Waals surface area contributed by atoms with Crippen LogP contribution >= 0.6 is 11.6 Å². The fourth-order valence-electron chi connectivity index (χ4n) is 1.88. The SMILES string of the molecule is CNC(=O)CCn1c(C(C)Cl)nc2cnccc21. The van der Waals surface area contributed by atoms with Crippen LogP contribution in [0.25, 0.3) is 11.0 Å². The van der Waals surface area contributed by atoms with Crippen molar-refractivity contribution in [2.45, 2.75) is 25.3 Å². The number of pyridine rings is 1. The van der Waals surface area contributed by atoms with E-state index in [-0.39, 0.29) is 11.3 Å². The summed E-state index contributed by atoms with van der Waals surface area (Å²) in [5.74, 6) is 0.766. The van der Waals surface area contributed by atoms with Crippen molar-refractivity contribution >= 4 is 28.5 Å². The molecule has 0 saturated carbocycles. The summed E-state index contributed by atoms with van der Waals surface area (Å²) in [5, 5.41) is 2.40. The Balaban J connectivity index is 2.39. The Labute approximate surface area is 110 Å². The second-order valence-electron chi connectivity index (χ2n) is 4.03. The number of aryl methyl sites for hydroxylation is 1. The monoisotopic (exact) mass is 266 g/mol. The molecular formula is C12H15ClN4O. The third kappa shape index (κ3) is 2.46. The van der Waals surface area contributed by atoms with Crippen molar-refractivity contribution in [3.63, 3.8) is 0 Å². The lowest BCUT2D eigenvalue weighted by Crippen LogP contribution is -2.20. The van der Waals surface area contributed by atoms with Crippen LogP contribution in [0.3, 0.4) is 0 Å². The smallest absolute Gasteiger partial charge is 0.221 e. The molecule has 2 aromatic heterocycles. The number of hydrogen-bond donors (Lipinski definition) is 1. The van der Waals surface area contributed by atoms with Gasteiger partial charge < -0.3 is 9.88 Å². The fraction of sp³-hybridized carbons (Fsp3) is 0.417. The zero-order valence-corrected chi connectivity index (χ0v) is 11.1. The quantitative estimate of drug-likeness (QED) is 0.860. The van der Waals surface area contributed by atoms with Gasteiger partial charge in [0.05, 0.1) is 17.1 Å². The Morgan fingerprint density at radius 1 is 1.61 bits per heavy atom. The van der Waals surface area contributed by atoms with Crippen LogP contribution in [0, 0.1) is 0 Å². The number of alkyl halides is 1. The van der Waals surface area contributed by atoms with E-state index in [2.05, 4.69) is 15.3 Å². The van der Waals surface area contributed by atoms with Gasteiger partial charge >= 0.3 is 0 Å². The molecule has 0 aliphatic rings. The summed E-state index contributed by atoms with van der Waals surface area (Å²) in [7, 11) is 1.63. The molecule has 0 radical (unpaired) electrons. The van der Waals surface area contributed by atoms with Crippen molar-refractivity contribution in [2.24, 2.45) is 0 Å². The van der Waals surface area contributed by atoms with Gasteiger partial charge in [0.15, 0.2) is 0 Å². The summed E-state index contributed by atoms with van der Waals surface area (Å²) in [5.41, 5.74) is 1.76. The van der Waals surface area contributed by atoms with E-state index in [1.165, 1.54) is 0 Å². The number of hydrogen-bond acceptors (Lipinski definition) is 3. The van der Waals surface area contributed by atoms with E-state index in [9.17, 15) is 4.79 Å². The average Bonchev–Trinajstić information content (AvgIpc) is 2.75. The molecule has 1 unspecified atom stereocenters. The van der Waals surface area contributed by atoms with E-state index >= 15 is 0 Å². The van der Waals surface area contributed by atoms with E-state index in [1.807, 2.05) is 17.6 Å². The molecule has 0 bridgehead atoms. The van der Waals surface area contributed by atoms with Crippen molar-refractivity contribution < 1.29 is 4.79 Å². The van der Waals surface area contributed by atoms with Crippen molar-refractivity contribution in [1.82, 2.24) is 19.9 Å². The maximum Gasteiger partial charge on any atom is 0.221 e. The summed E-state index contributed by atoms with van der Waals surface area (Å²) in [6.07, 6.45) is 3.82. The van der Waals surface area contributed by atoms with Crippen LogP contribution in [-0.4, -0.2) is 27.5 Å². The van der Waals surface area contributed by atoms with Gasteiger partial charge in [-0.15, -0.1) is 11.6 Å². The molecule has 18 heavy (non-hydrogen) atoms. The molecule has 0 saturated heterocycles. The molecule has 2 heterocycles. The fourth-order valence-corrected chi connectivity index (χ4v) is 2.04. The standard InChI is InChI=1S/C12H15ClN4O/c1-8(13)12-16-9-7-15-5-3-10(9)17(12)6-4-11(18)14-2/h3,5,7-8H,4,6H2,1-2H3,(H,14,18). The molecule has 1 N–H and O–H groups in total. The topological polar surface area (TPSA) is 59.8 Å². The zero-order valence-electron chi connectivity index (χ0n) is 10.4. The van der Waals surface area contributed by atoms with Gasteiger partial charge in [0.1, 0.15) is 11.3 Å². The predicted octanol–water partition coefficient (Wildman–Crippen LogP) is 1.87. The summed E-state index contributed by atoms with van der Waals surface area (Å²) >= 11 is 6.12. The highest BCUT2D eigenvalue weighted by molar-refractivity contribution is 6.20. The number of halogens is 1. The lowest BCUT2D eigenvalue weighted by atomic mass is 10.3. The number of nitrogens with one attached hydrogen (secondary N) is 1. The van der Waals surface area contributed by atoms with Gasteiger partial charge in [-0.1, -0.05) is 0 Å². The number of amides is 1. The highest BCUT2D eigenvalue weighted by atomic mass is 35.5. The molecule has 6 heteroatoms. The molecule has 0 aliphatic heterocycles. The average molecular weight is 267 g/mol. The van der Waals surface area contributed by atoms with Crippen molar-refractivity contribution in [2.75, 3.05) is 7.05 Å². The third-order valence-corrected chi connectivity index (χ3v) is 2.97. The van der Waals surface area contributed by atoms with E-state index in [0.29, 0.717) is 13.0 Å². The Morgan fingerprint density at radius 2 is 2.39 bits per heavy atom. The summed E-state index contributed by atoms with van der Waals surface area (Å²) in [6.45, 7) is 2.43. The van der Waals surface area contributed by atoms with Crippen LogP contribution in [-0.2, 0) is 11.3 Å². The zero-order chi connectivity index (χ0) is 13.1. The first-order valence-electron chi connectivity index (χ1n) is 5.78. The number of carbonyl (C=O) groups is 1. The van der Waals surface area contributed by atoms with Gasteiger partial charge in [0.25, 0.3) is 0 Å². The van der Waals surface area contributed by atoms with Gasteiger partial charge in [-0.05, 0) is 13.0 Å². The maximum absolute atomic E-state index is 11.3. The largest absolute Gasteiger partial charge is 0.359 e. The molecule has 96 valence electrons. The molecule has 2 aromatic rings. The minimum Gasteiger partial charge on any atom is -0.359 e. The Hall–Kier alpha value is -1.62. The Kier molecular flexibility index (Phi) is 3.81. The number of fused-ring (bicyclic) bond motifs is 1. The van der Waals surface area contributed by atoms with E-state index in [0.717, 1.165) is 16.9 Å². The maximum atomic E-state index is 11.3. The minimum absolute atomic E-state index is 0.000850. The highest BCUT2D eigenvalue weighted by Crippen LogP contribution is 2.24. The van der Waals surface area contributed by atoms with E-state index in [4.69, 9.17) is 11.6 Å². The molecule has 1 atom stereocenters. The van der Waals surface area contributed by atoms with Gasteiger partial charge in [0.2, 0.25) is 5.91 Å². The van der Waals surface area contributed by atoms with E-state index < -0.39 is 0 Å². The second-order valence-corrected chi connectivity index (χ2v) is 4.68. The summed E-state index contributed by atoms with van der Waals surface area (Å²) in [4.78, 5) is 19.8. The number of aromatic nitrogens is 3. The molecule has 0 spiro atoms. The molecule has 5 nitrogen and oxygen atoms in total. The lowest BCUT2D eigenvalue weighted by molar-refractivity contribution is -0.120. The molecule has 0 aromatic carbocycles. The summed E-state index contributed by atoms with van der Waals surface area (Å²) in [6, 6.07) is 1.88. The van der Waals surface area contributed by atoms with Gasteiger partial charge in [-0.2, -0.15) is 0 Å². The second kappa shape index (κ2) is 5.35. The third-order valence-electron chi connectivity index (χ3n) is 2.78. The number of carbonyl (C=O) groups excluding carboxylic acids is 1. The number of imidazole rings is 1. The summed E-state index contributed by atoms with van der Waals surface area (Å²) < 4.78 is 1.98. The Morgan fingerprint density at radius 3 is 3.06 bits per heavy atom. The highest BCUT2D eigenvalue weighted by Gasteiger charge is 2.15. The first kappa shape index (κ1) is 12.8. The lowest BCUT2D eigenvalue weighted by Gasteiger charge is -2.09. The minimum atomic E-state index is -0.206. The van der Waals surface area contributed by atoms with Crippen LogP contribution in [0.5, 0.6) is 0 Å². The van der Waals surface area contributed by atoms with Crippen LogP contribution < -0.4 is 5.32 Å². The van der Waals surface area contributed by atoms with Crippen molar-refractivity contribution in [3.05, 3.63) is 24.3 Å². The van der Waals surface area contributed by atoms with Crippen molar-refractivity contribution in [3.8, 4) is 0 Å². The van der Waals surface area contributed by atoms with Crippen LogP contribution in [0.4, 0.5) is 0 Å². The molecular weight excluding hydrogens is 252 g/mol. The van der Waals surface area contributed by atoms with Gasteiger partial charge in [-0.25, -0.2) is 4.98 Å². The normalized spacial score (nSPS) is 12.6. The van der Waals surface area contributed by atoms with Crippen LogP contribution in [0.2, 0.25) is 0 Å². The van der Waals surface area contributed by atoms with Crippen LogP contribution in [0.15, 0.2) is 18.5 Å². The number of nitrogens with zero attached hydrogens (tertiary/aromatic N) is 3. The first-order chi connectivity index (χ1) is 8.63. The molecule has 2 rings (SSSR count). The predicted molar refractivity (Wildman–Crippen MR) is 70.5 cm³/mol. The van der Waals surface area contributed by atoms with Crippen LogP contribution in [0.1, 0.15) is 24.5 Å². The molecule has 0 aliphatic carbocycles.